The molecule has 0 aliphatic carbocycles. The standard InChI is InChI=1S/C66H40N4S/c1-2-18-41(19-3-1)67-57-33-13-8-24-50(57)64-59(67)34-17-35-60(64)70-56-32-12-6-22-45(56)48-26-14-27-49(65(48)70)47-25-16-37-62-63(47)51-28-15-36-61(66(51)71-62)69-55-31-11-7-23-46(55)52-40-42(38-39-58(52)69)68-53-29-9-4-20-43(53)44-21-5-10-30-54(44)68/h1-40H. The van der Waals surface area contributed by atoms with Crippen LogP contribution in [0.1, 0.15) is 0 Å². The van der Waals surface area contributed by atoms with E-state index in [2.05, 4.69) is 261 Å². The van der Waals surface area contributed by atoms with Crippen LogP contribution in [-0.2, 0) is 0 Å². The van der Waals surface area contributed by atoms with Crippen molar-refractivity contribution in [2.45, 2.75) is 0 Å². The molecule has 0 saturated heterocycles. The minimum atomic E-state index is 1.15. The molecule has 0 unspecified atom stereocenters. The summed E-state index contributed by atoms with van der Waals surface area (Å²) in [6, 6.07) is 89.6. The minimum absolute atomic E-state index is 1.15. The Morgan fingerprint density at radius 3 is 1.46 bits per heavy atom. The molecule has 330 valence electrons. The van der Waals surface area contributed by atoms with E-state index < -0.39 is 0 Å². The molecule has 71 heavy (non-hydrogen) atoms. The van der Waals surface area contributed by atoms with Gasteiger partial charge in [0.1, 0.15) is 0 Å². The van der Waals surface area contributed by atoms with Crippen LogP contribution in [0, 0.1) is 0 Å². The average molecular weight is 921 g/mol. The predicted octanol–water partition coefficient (Wildman–Crippen LogP) is 18.1. The lowest BCUT2D eigenvalue weighted by Gasteiger charge is -2.15. The first-order valence-electron chi connectivity index (χ1n) is 24.4. The van der Waals surface area contributed by atoms with Crippen molar-refractivity contribution in [2.24, 2.45) is 0 Å². The largest absolute Gasteiger partial charge is 0.309 e. The molecule has 5 heterocycles. The summed E-state index contributed by atoms with van der Waals surface area (Å²) < 4.78 is 12.4. The third-order valence-electron chi connectivity index (χ3n) is 15.2. The van der Waals surface area contributed by atoms with Gasteiger partial charge in [-0.1, -0.05) is 158 Å². The predicted molar refractivity (Wildman–Crippen MR) is 302 cm³/mol. The number of fused-ring (bicyclic) bond motifs is 15. The van der Waals surface area contributed by atoms with Crippen LogP contribution in [0.15, 0.2) is 243 Å². The molecule has 0 saturated carbocycles. The fraction of sp³-hybridized carbons (Fsp3) is 0. The van der Waals surface area contributed by atoms with E-state index in [0.717, 1.165) is 11.4 Å². The Balaban J connectivity index is 0.939. The van der Waals surface area contributed by atoms with Crippen LogP contribution in [0.25, 0.3) is 141 Å². The molecule has 0 N–H and O–H groups in total. The molecule has 16 rings (SSSR count). The highest BCUT2D eigenvalue weighted by molar-refractivity contribution is 7.26. The highest BCUT2D eigenvalue weighted by Crippen LogP contribution is 2.48. The quantitative estimate of drug-likeness (QED) is 0.164. The normalized spacial score (nSPS) is 12.2. The Bertz CT molecular complexity index is 4830. The van der Waals surface area contributed by atoms with Gasteiger partial charge in [-0.2, -0.15) is 0 Å². The van der Waals surface area contributed by atoms with Crippen molar-refractivity contribution in [3.05, 3.63) is 243 Å². The van der Waals surface area contributed by atoms with Crippen LogP contribution in [0.2, 0.25) is 0 Å². The van der Waals surface area contributed by atoms with Gasteiger partial charge < -0.3 is 18.3 Å². The van der Waals surface area contributed by atoms with E-state index in [0.29, 0.717) is 0 Å². The Morgan fingerprint density at radius 2 is 0.732 bits per heavy atom. The van der Waals surface area contributed by atoms with Crippen molar-refractivity contribution < 1.29 is 0 Å². The molecule has 0 spiro atoms. The van der Waals surface area contributed by atoms with Crippen LogP contribution in [0.5, 0.6) is 0 Å². The molecule has 0 radical (unpaired) electrons. The first-order chi connectivity index (χ1) is 35.3. The molecular formula is C66H40N4S. The number of nitrogens with zero attached hydrogens (tertiary/aromatic N) is 4. The Kier molecular flexibility index (Phi) is 8.01. The molecule has 0 bridgehead atoms. The summed E-state index contributed by atoms with van der Waals surface area (Å²) in [5.74, 6) is 0. The first-order valence-corrected chi connectivity index (χ1v) is 25.2. The van der Waals surface area contributed by atoms with Gasteiger partial charge in [0.25, 0.3) is 0 Å². The van der Waals surface area contributed by atoms with Crippen LogP contribution < -0.4 is 0 Å². The van der Waals surface area contributed by atoms with Gasteiger partial charge in [-0.25, -0.2) is 0 Å². The van der Waals surface area contributed by atoms with Gasteiger partial charge in [0.05, 0.1) is 60.2 Å². The summed E-state index contributed by atoms with van der Waals surface area (Å²) in [6.45, 7) is 0. The molecule has 0 fully saturated rings. The Morgan fingerprint density at radius 1 is 0.254 bits per heavy atom. The smallest absolute Gasteiger partial charge is 0.0640 e. The second-order valence-corrected chi connectivity index (χ2v) is 19.8. The number of aromatic nitrogens is 4. The van der Waals surface area contributed by atoms with Crippen molar-refractivity contribution >= 4 is 119 Å². The van der Waals surface area contributed by atoms with Gasteiger partial charge in [0.2, 0.25) is 0 Å². The summed E-state index contributed by atoms with van der Waals surface area (Å²) in [5, 5.41) is 12.5. The third-order valence-corrected chi connectivity index (χ3v) is 16.3. The van der Waals surface area contributed by atoms with Gasteiger partial charge in [0, 0.05) is 75.5 Å². The highest BCUT2D eigenvalue weighted by atomic mass is 32.1. The lowest BCUT2D eigenvalue weighted by molar-refractivity contribution is 1.17. The number of rotatable bonds is 5. The van der Waals surface area contributed by atoms with Crippen molar-refractivity contribution in [3.63, 3.8) is 0 Å². The van der Waals surface area contributed by atoms with Gasteiger partial charge >= 0.3 is 0 Å². The van der Waals surface area contributed by atoms with Crippen molar-refractivity contribution in [2.75, 3.05) is 0 Å². The van der Waals surface area contributed by atoms with Crippen molar-refractivity contribution in [3.8, 4) is 33.9 Å². The minimum Gasteiger partial charge on any atom is -0.309 e. The molecule has 0 amide bonds. The fourth-order valence-electron chi connectivity index (χ4n) is 12.3. The number of thiophene rings is 1. The maximum absolute atomic E-state index is 2.55. The zero-order chi connectivity index (χ0) is 46.3. The number of benzene rings is 11. The number of hydrogen-bond acceptors (Lipinski definition) is 1. The first kappa shape index (κ1) is 38.8. The summed E-state index contributed by atoms with van der Waals surface area (Å²) in [7, 11) is 0. The lowest BCUT2D eigenvalue weighted by Crippen LogP contribution is -1.98. The SMILES string of the molecule is c1ccc(-n2c3ccccc3c3c(-n4c5ccccc5c5cccc(-c6cccc7sc8c(-n9c%10ccccc%10c%10cc(-n%11c%12ccccc%12c%12ccccc%12%11)ccc%109)cccc8c67)c54)cccc32)cc1. The molecule has 0 atom stereocenters. The average Bonchev–Trinajstić information content (AvgIpc) is 4.24. The second kappa shape index (κ2) is 14.7. The number of hydrogen-bond donors (Lipinski definition) is 0. The topological polar surface area (TPSA) is 19.7 Å². The zero-order valence-corrected chi connectivity index (χ0v) is 39.1. The second-order valence-electron chi connectivity index (χ2n) is 18.8. The number of para-hydroxylation sites is 7. The molecule has 5 heteroatoms. The van der Waals surface area contributed by atoms with Gasteiger partial charge in [-0.15, -0.1) is 11.3 Å². The summed E-state index contributed by atoms with van der Waals surface area (Å²) >= 11 is 1.90. The Labute approximate surface area is 411 Å². The molecule has 0 aliphatic rings. The summed E-state index contributed by atoms with van der Waals surface area (Å²) in [5.41, 5.74) is 16.7. The molecule has 11 aromatic carbocycles. The Hall–Kier alpha value is -9.16. The van der Waals surface area contributed by atoms with Crippen LogP contribution in [0.3, 0.4) is 0 Å². The van der Waals surface area contributed by atoms with E-state index in [1.54, 1.807) is 0 Å². The summed E-state index contributed by atoms with van der Waals surface area (Å²) in [4.78, 5) is 0. The molecule has 16 aromatic rings. The van der Waals surface area contributed by atoms with Gasteiger partial charge in [-0.3, -0.25) is 0 Å². The van der Waals surface area contributed by atoms with Crippen molar-refractivity contribution in [1.82, 2.24) is 18.3 Å². The van der Waals surface area contributed by atoms with E-state index in [4.69, 9.17) is 0 Å². The van der Waals surface area contributed by atoms with E-state index in [1.807, 2.05) is 11.3 Å². The molecule has 0 aliphatic heterocycles. The third kappa shape index (κ3) is 5.33. The summed E-state index contributed by atoms with van der Waals surface area (Å²) in [6.07, 6.45) is 0. The van der Waals surface area contributed by atoms with E-state index in [9.17, 15) is 0 Å². The molecule has 5 aromatic heterocycles. The van der Waals surface area contributed by atoms with E-state index >= 15 is 0 Å². The zero-order valence-electron chi connectivity index (χ0n) is 38.3. The van der Waals surface area contributed by atoms with E-state index in [-0.39, 0.29) is 0 Å². The van der Waals surface area contributed by atoms with Gasteiger partial charge in [-0.05, 0) is 90.5 Å². The molecular weight excluding hydrogens is 881 g/mol. The fourth-order valence-corrected chi connectivity index (χ4v) is 13.6. The van der Waals surface area contributed by atoms with Crippen LogP contribution in [-0.4, -0.2) is 18.3 Å². The maximum Gasteiger partial charge on any atom is 0.0640 e. The lowest BCUT2D eigenvalue weighted by atomic mass is 9.97. The highest BCUT2D eigenvalue weighted by Gasteiger charge is 2.24. The van der Waals surface area contributed by atoms with Crippen LogP contribution in [0.4, 0.5) is 0 Å². The van der Waals surface area contributed by atoms with E-state index in [1.165, 1.54) is 130 Å². The van der Waals surface area contributed by atoms with Gasteiger partial charge in [0.15, 0.2) is 0 Å². The monoisotopic (exact) mass is 920 g/mol. The van der Waals surface area contributed by atoms with Crippen molar-refractivity contribution in [1.29, 1.82) is 0 Å². The van der Waals surface area contributed by atoms with Crippen LogP contribution >= 0.6 is 11.3 Å². The maximum atomic E-state index is 2.55. The molecule has 4 nitrogen and oxygen atoms in total.